The Hall–Kier alpha value is -1.04. The van der Waals surface area contributed by atoms with Gasteiger partial charge < -0.3 is 5.73 Å². The van der Waals surface area contributed by atoms with Gasteiger partial charge in [0.15, 0.2) is 5.78 Å². The molecule has 1 atom stereocenters. The Labute approximate surface area is 109 Å². The molecular weight excluding hydrogens is 260 g/mol. The van der Waals surface area contributed by atoms with Crippen LogP contribution in [-0.4, -0.2) is 29.2 Å². The first-order chi connectivity index (χ1) is 8.15. The van der Waals surface area contributed by atoms with Gasteiger partial charge >= 0.3 is 0 Å². The number of rotatable bonds is 7. The Bertz CT molecular complexity index is 386. The standard InChI is InChI=1S/C11H13ClN2O2S/c12-14-9(11(13)16)6-17-7-10(15)8-4-2-1-3-5-8/h1-5,9,14H,6-7H2,(H2,13,16). The molecule has 6 heteroatoms. The topological polar surface area (TPSA) is 72.2 Å². The molecule has 3 N–H and O–H groups in total. The monoisotopic (exact) mass is 272 g/mol. The van der Waals surface area contributed by atoms with Crippen LogP contribution in [0.2, 0.25) is 0 Å². The lowest BCUT2D eigenvalue weighted by molar-refractivity contribution is -0.119. The first-order valence-electron chi connectivity index (χ1n) is 4.96. The fourth-order valence-electron chi connectivity index (χ4n) is 1.14. The number of amides is 1. The van der Waals surface area contributed by atoms with E-state index in [0.29, 0.717) is 17.1 Å². The van der Waals surface area contributed by atoms with Crippen LogP contribution in [0.15, 0.2) is 30.3 Å². The molecule has 0 saturated heterocycles. The van der Waals surface area contributed by atoms with Crippen molar-refractivity contribution in [2.24, 2.45) is 5.73 Å². The van der Waals surface area contributed by atoms with Crippen molar-refractivity contribution in [3.63, 3.8) is 0 Å². The van der Waals surface area contributed by atoms with Crippen LogP contribution in [0.4, 0.5) is 0 Å². The summed E-state index contributed by atoms with van der Waals surface area (Å²) < 4.78 is 0. The highest BCUT2D eigenvalue weighted by molar-refractivity contribution is 8.00. The summed E-state index contributed by atoms with van der Waals surface area (Å²) in [5.41, 5.74) is 5.75. The van der Waals surface area contributed by atoms with E-state index in [4.69, 9.17) is 17.5 Å². The molecule has 0 aliphatic carbocycles. The predicted molar refractivity (Wildman–Crippen MR) is 70.1 cm³/mol. The van der Waals surface area contributed by atoms with Gasteiger partial charge in [-0.25, -0.2) is 4.84 Å². The third-order valence-corrected chi connectivity index (χ3v) is 3.39. The van der Waals surface area contributed by atoms with Crippen molar-refractivity contribution >= 4 is 35.2 Å². The Morgan fingerprint density at radius 3 is 2.53 bits per heavy atom. The van der Waals surface area contributed by atoms with Gasteiger partial charge in [-0.3, -0.25) is 9.59 Å². The summed E-state index contributed by atoms with van der Waals surface area (Å²) in [7, 11) is 0. The zero-order valence-corrected chi connectivity index (χ0v) is 10.6. The summed E-state index contributed by atoms with van der Waals surface area (Å²) in [6, 6.07) is 8.37. The van der Waals surface area contributed by atoms with Gasteiger partial charge in [-0.15, -0.1) is 0 Å². The third-order valence-electron chi connectivity index (χ3n) is 2.09. The van der Waals surface area contributed by atoms with Crippen molar-refractivity contribution in [3.05, 3.63) is 35.9 Å². The molecule has 0 aliphatic heterocycles. The average molecular weight is 273 g/mol. The molecule has 4 nitrogen and oxygen atoms in total. The Morgan fingerprint density at radius 1 is 1.35 bits per heavy atom. The first-order valence-corrected chi connectivity index (χ1v) is 6.50. The van der Waals surface area contributed by atoms with Crippen molar-refractivity contribution in [2.45, 2.75) is 6.04 Å². The summed E-state index contributed by atoms with van der Waals surface area (Å²) >= 11 is 6.67. The van der Waals surface area contributed by atoms with Gasteiger partial charge in [-0.05, 0) is 11.8 Å². The number of ketones is 1. The summed E-state index contributed by atoms with van der Waals surface area (Å²) in [6.45, 7) is 0. The molecule has 0 heterocycles. The van der Waals surface area contributed by atoms with Gasteiger partial charge in [0.1, 0.15) is 6.04 Å². The Kier molecular flexibility index (Phi) is 6.04. The fourth-order valence-corrected chi connectivity index (χ4v) is 2.37. The zero-order valence-electron chi connectivity index (χ0n) is 9.06. The van der Waals surface area contributed by atoms with Crippen molar-refractivity contribution in [1.82, 2.24) is 4.84 Å². The van der Waals surface area contributed by atoms with Crippen LogP contribution in [0.3, 0.4) is 0 Å². The smallest absolute Gasteiger partial charge is 0.236 e. The zero-order chi connectivity index (χ0) is 12.7. The van der Waals surface area contributed by atoms with Crippen molar-refractivity contribution < 1.29 is 9.59 Å². The maximum absolute atomic E-state index is 11.7. The number of halogens is 1. The molecule has 0 aromatic heterocycles. The first kappa shape index (κ1) is 14.0. The minimum atomic E-state index is -0.620. The SMILES string of the molecule is NC(=O)C(CSCC(=O)c1ccccc1)NCl. The quantitative estimate of drug-likeness (QED) is 0.578. The summed E-state index contributed by atoms with van der Waals surface area (Å²) in [4.78, 5) is 24.8. The molecule has 1 unspecified atom stereocenters. The molecule has 0 radical (unpaired) electrons. The van der Waals surface area contributed by atoms with E-state index in [2.05, 4.69) is 4.84 Å². The molecular formula is C11H13ClN2O2S. The van der Waals surface area contributed by atoms with Gasteiger partial charge in [0.05, 0.1) is 5.75 Å². The second-order valence-electron chi connectivity index (χ2n) is 3.37. The van der Waals surface area contributed by atoms with Crippen LogP contribution in [0, 0.1) is 0 Å². The van der Waals surface area contributed by atoms with Crippen LogP contribution >= 0.6 is 23.5 Å². The van der Waals surface area contributed by atoms with E-state index in [1.165, 1.54) is 11.8 Å². The van der Waals surface area contributed by atoms with E-state index in [1.54, 1.807) is 12.1 Å². The largest absolute Gasteiger partial charge is 0.368 e. The van der Waals surface area contributed by atoms with E-state index in [1.807, 2.05) is 18.2 Å². The van der Waals surface area contributed by atoms with E-state index in [9.17, 15) is 9.59 Å². The molecule has 1 aromatic carbocycles. The number of carbonyl (C=O) groups excluding carboxylic acids is 2. The Balaban J connectivity index is 2.37. The van der Waals surface area contributed by atoms with Gasteiger partial charge in [-0.1, -0.05) is 30.3 Å². The minimum Gasteiger partial charge on any atom is -0.368 e. The highest BCUT2D eigenvalue weighted by Gasteiger charge is 2.14. The number of benzene rings is 1. The molecule has 1 aromatic rings. The lowest BCUT2D eigenvalue weighted by Gasteiger charge is -2.09. The van der Waals surface area contributed by atoms with E-state index < -0.39 is 11.9 Å². The second kappa shape index (κ2) is 7.32. The number of carbonyl (C=O) groups is 2. The number of hydrogen-bond donors (Lipinski definition) is 2. The highest BCUT2D eigenvalue weighted by atomic mass is 35.5. The number of Topliss-reactive ketones (excluding diaryl/α,β-unsaturated/α-hetero) is 1. The number of nitrogens with one attached hydrogen (secondary N) is 1. The molecule has 1 amide bonds. The van der Waals surface area contributed by atoms with Gasteiger partial charge in [0, 0.05) is 11.3 Å². The van der Waals surface area contributed by atoms with Crippen molar-refractivity contribution in [2.75, 3.05) is 11.5 Å². The van der Waals surface area contributed by atoms with Crippen LogP contribution < -0.4 is 10.6 Å². The maximum atomic E-state index is 11.7. The number of nitrogens with two attached hydrogens (primary N) is 1. The molecule has 0 aliphatic rings. The van der Waals surface area contributed by atoms with E-state index in [-0.39, 0.29) is 5.78 Å². The molecule has 0 bridgehead atoms. The van der Waals surface area contributed by atoms with Crippen LogP contribution in [-0.2, 0) is 4.79 Å². The minimum absolute atomic E-state index is 0.0217. The maximum Gasteiger partial charge on any atom is 0.236 e. The summed E-state index contributed by atoms with van der Waals surface area (Å²) in [5, 5.41) is 0. The molecule has 0 saturated carbocycles. The number of thioether (sulfide) groups is 1. The molecule has 92 valence electrons. The lowest BCUT2D eigenvalue weighted by atomic mass is 10.2. The average Bonchev–Trinajstić information content (AvgIpc) is 2.35. The predicted octanol–water partition coefficient (Wildman–Crippen LogP) is 1.20. The Morgan fingerprint density at radius 2 is 2.00 bits per heavy atom. The molecule has 17 heavy (non-hydrogen) atoms. The highest BCUT2D eigenvalue weighted by Crippen LogP contribution is 2.08. The summed E-state index contributed by atoms with van der Waals surface area (Å²) in [6.07, 6.45) is 0. The summed E-state index contributed by atoms with van der Waals surface area (Å²) in [5.74, 6) is 0.164. The fraction of sp³-hybridized carbons (Fsp3) is 0.273. The van der Waals surface area contributed by atoms with Crippen LogP contribution in [0.1, 0.15) is 10.4 Å². The van der Waals surface area contributed by atoms with Gasteiger partial charge in [0.2, 0.25) is 5.91 Å². The van der Waals surface area contributed by atoms with Crippen molar-refractivity contribution in [1.29, 1.82) is 0 Å². The lowest BCUT2D eigenvalue weighted by Crippen LogP contribution is -2.38. The van der Waals surface area contributed by atoms with Gasteiger partial charge in [-0.2, -0.15) is 11.8 Å². The van der Waals surface area contributed by atoms with E-state index >= 15 is 0 Å². The second-order valence-corrected chi connectivity index (χ2v) is 4.62. The van der Waals surface area contributed by atoms with Crippen LogP contribution in [0.5, 0.6) is 0 Å². The molecule has 1 rings (SSSR count). The molecule has 0 fully saturated rings. The number of hydrogen-bond acceptors (Lipinski definition) is 4. The third kappa shape index (κ3) is 4.77. The van der Waals surface area contributed by atoms with Crippen LogP contribution in [0.25, 0.3) is 0 Å². The normalized spacial score (nSPS) is 12.1. The number of primary amides is 1. The van der Waals surface area contributed by atoms with Gasteiger partial charge in [0.25, 0.3) is 0 Å². The molecule has 0 spiro atoms. The van der Waals surface area contributed by atoms with E-state index in [0.717, 1.165) is 0 Å². The van der Waals surface area contributed by atoms with Crippen molar-refractivity contribution in [3.8, 4) is 0 Å².